The van der Waals surface area contributed by atoms with Gasteiger partial charge in [0.05, 0.1) is 3.79 Å². The lowest BCUT2D eigenvalue weighted by molar-refractivity contribution is -0.121. The van der Waals surface area contributed by atoms with Gasteiger partial charge in [-0.15, -0.1) is 11.3 Å². The molecule has 3 N–H and O–H groups in total. The average molecular weight is 356 g/mol. The van der Waals surface area contributed by atoms with Gasteiger partial charge in [-0.1, -0.05) is 0 Å². The molecule has 0 atom stereocenters. The normalized spacial score (nSPS) is 10.4. The van der Waals surface area contributed by atoms with Gasteiger partial charge in [0.1, 0.15) is 6.54 Å². The standard InChI is InChI=1S/C13H14BrN3O2S/c14-11-3-2-10(20-11)5-6-16-12(18)8-17-7-9(15)1-4-13(17)19/h1-4,7H,5-6,8,15H2,(H,16,18). The van der Waals surface area contributed by atoms with Crippen LogP contribution in [0.15, 0.2) is 39.0 Å². The molecule has 0 saturated carbocycles. The van der Waals surface area contributed by atoms with E-state index in [9.17, 15) is 9.59 Å². The largest absolute Gasteiger partial charge is 0.398 e. The number of halogens is 1. The molecule has 20 heavy (non-hydrogen) atoms. The Morgan fingerprint density at radius 3 is 2.85 bits per heavy atom. The molecule has 0 bridgehead atoms. The second kappa shape index (κ2) is 6.71. The van der Waals surface area contributed by atoms with Crippen molar-refractivity contribution >= 4 is 38.9 Å². The monoisotopic (exact) mass is 355 g/mol. The molecule has 106 valence electrons. The molecule has 0 aromatic carbocycles. The fourth-order valence-corrected chi connectivity index (χ4v) is 3.18. The first-order valence-electron chi connectivity index (χ1n) is 6.01. The Balaban J connectivity index is 1.83. The molecule has 1 amide bonds. The molecule has 2 heterocycles. The highest BCUT2D eigenvalue weighted by atomic mass is 79.9. The summed E-state index contributed by atoms with van der Waals surface area (Å²) in [6, 6.07) is 6.87. The van der Waals surface area contributed by atoms with Crippen molar-refractivity contribution in [2.75, 3.05) is 12.3 Å². The first-order valence-corrected chi connectivity index (χ1v) is 7.62. The fourth-order valence-electron chi connectivity index (χ4n) is 1.70. The molecule has 0 radical (unpaired) electrons. The molecule has 2 rings (SSSR count). The Hall–Kier alpha value is -1.60. The van der Waals surface area contributed by atoms with Gasteiger partial charge < -0.3 is 15.6 Å². The number of anilines is 1. The minimum absolute atomic E-state index is 0.0159. The number of nitrogen functional groups attached to an aromatic ring is 1. The summed E-state index contributed by atoms with van der Waals surface area (Å²) in [6.07, 6.45) is 2.24. The SMILES string of the molecule is Nc1ccc(=O)n(CC(=O)NCCc2ccc(Br)s2)c1. The molecular formula is C13H14BrN3O2S. The van der Waals surface area contributed by atoms with Crippen molar-refractivity contribution in [3.8, 4) is 0 Å². The van der Waals surface area contributed by atoms with Gasteiger partial charge in [-0.25, -0.2) is 0 Å². The Morgan fingerprint density at radius 1 is 1.35 bits per heavy atom. The zero-order chi connectivity index (χ0) is 14.5. The number of aromatic nitrogens is 1. The lowest BCUT2D eigenvalue weighted by atomic mass is 10.3. The van der Waals surface area contributed by atoms with Crippen LogP contribution in [0, 0.1) is 0 Å². The van der Waals surface area contributed by atoms with Crippen molar-refractivity contribution in [1.82, 2.24) is 9.88 Å². The van der Waals surface area contributed by atoms with Crippen LogP contribution in [0.5, 0.6) is 0 Å². The smallest absolute Gasteiger partial charge is 0.251 e. The zero-order valence-corrected chi connectivity index (χ0v) is 13.0. The lowest BCUT2D eigenvalue weighted by Crippen LogP contribution is -2.33. The van der Waals surface area contributed by atoms with Crippen LogP contribution in [0.1, 0.15) is 4.88 Å². The molecule has 0 aliphatic carbocycles. The van der Waals surface area contributed by atoms with Gasteiger partial charge in [-0.05, 0) is 40.5 Å². The number of nitrogens with one attached hydrogen (secondary N) is 1. The number of amides is 1. The van der Waals surface area contributed by atoms with Crippen LogP contribution in [-0.2, 0) is 17.8 Å². The van der Waals surface area contributed by atoms with Crippen molar-refractivity contribution < 1.29 is 4.79 Å². The van der Waals surface area contributed by atoms with E-state index in [0.29, 0.717) is 12.2 Å². The van der Waals surface area contributed by atoms with Gasteiger partial charge in [0.25, 0.3) is 5.56 Å². The number of pyridine rings is 1. The molecule has 0 unspecified atom stereocenters. The molecule has 0 saturated heterocycles. The van der Waals surface area contributed by atoms with Gasteiger partial charge in [0, 0.05) is 29.4 Å². The molecular weight excluding hydrogens is 342 g/mol. The molecule has 2 aromatic rings. The number of nitrogens with zero attached hydrogens (tertiary/aromatic N) is 1. The van der Waals surface area contributed by atoms with Crippen LogP contribution in [0.25, 0.3) is 0 Å². The highest BCUT2D eigenvalue weighted by molar-refractivity contribution is 9.11. The number of thiophene rings is 1. The summed E-state index contributed by atoms with van der Waals surface area (Å²) >= 11 is 5.03. The summed E-state index contributed by atoms with van der Waals surface area (Å²) in [6.45, 7) is 0.529. The van der Waals surface area contributed by atoms with E-state index in [1.807, 2.05) is 12.1 Å². The number of hydrogen-bond acceptors (Lipinski definition) is 4. The third-order valence-electron chi connectivity index (χ3n) is 2.64. The predicted octanol–water partition coefficient (Wildman–Crippen LogP) is 1.61. The average Bonchev–Trinajstić information content (AvgIpc) is 2.80. The molecule has 7 heteroatoms. The van der Waals surface area contributed by atoms with Crippen molar-refractivity contribution in [3.63, 3.8) is 0 Å². The first kappa shape index (κ1) is 14.8. The minimum atomic E-state index is -0.239. The Kier molecular flexibility index (Phi) is 4.97. The summed E-state index contributed by atoms with van der Waals surface area (Å²) in [7, 11) is 0. The van der Waals surface area contributed by atoms with Crippen LogP contribution >= 0.6 is 27.3 Å². The maximum atomic E-state index is 11.8. The van der Waals surface area contributed by atoms with Gasteiger partial charge in [0.2, 0.25) is 5.91 Å². The van der Waals surface area contributed by atoms with Crippen LogP contribution in [0.2, 0.25) is 0 Å². The maximum Gasteiger partial charge on any atom is 0.251 e. The number of rotatable bonds is 5. The van der Waals surface area contributed by atoms with Crippen molar-refractivity contribution in [3.05, 3.63) is 49.5 Å². The van der Waals surface area contributed by atoms with E-state index < -0.39 is 0 Å². The third kappa shape index (κ3) is 4.21. The van der Waals surface area contributed by atoms with Gasteiger partial charge >= 0.3 is 0 Å². The molecule has 0 aliphatic rings. The van der Waals surface area contributed by atoms with Crippen LogP contribution < -0.4 is 16.6 Å². The molecule has 0 aliphatic heterocycles. The molecule has 0 spiro atoms. The summed E-state index contributed by atoms with van der Waals surface area (Å²) in [4.78, 5) is 24.5. The maximum absolute atomic E-state index is 11.8. The van der Waals surface area contributed by atoms with Gasteiger partial charge in [-0.3, -0.25) is 9.59 Å². The second-order valence-corrected chi connectivity index (χ2v) is 6.78. The van der Waals surface area contributed by atoms with Crippen molar-refractivity contribution in [1.29, 1.82) is 0 Å². The van der Waals surface area contributed by atoms with Crippen LogP contribution in [-0.4, -0.2) is 17.0 Å². The number of hydrogen-bond donors (Lipinski definition) is 2. The van der Waals surface area contributed by atoms with E-state index in [1.165, 1.54) is 27.8 Å². The van der Waals surface area contributed by atoms with Gasteiger partial charge in [0.15, 0.2) is 0 Å². The van der Waals surface area contributed by atoms with Crippen molar-refractivity contribution in [2.45, 2.75) is 13.0 Å². The summed E-state index contributed by atoms with van der Waals surface area (Å²) < 4.78 is 2.37. The topological polar surface area (TPSA) is 77.1 Å². The number of carbonyl (C=O) groups is 1. The summed E-state index contributed by atoms with van der Waals surface area (Å²) in [5, 5.41) is 2.79. The Bertz CT molecular complexity index is 666. The minimum Gasteiger partial charge on any atom is -0.398 e. The summed E-state index contributed by atoms with van der Waals surface area (Å²) in [5.74, 6) is -0.201. The predicted molar refractivity (Wildman–Crippen MR) is 83.8 cm³/mol. The third-order valence-corrected chi connectivity index (χ3v) is 4.33. The van der Waals surface area contributed by atoms with E-state index in [1.54, 1.807) is 11.3 Å². The van der Waals surface area contributed by atoms with Crippen molar-refractivity contribution in [2.24, 2.45) is 0 Å². The highest BCUT2D eigenvalue weighted by Crippen LogP contribution is 2.21. The zero-order valence-electron chi connectivity index (χ0n) is 10.6. The Morgan fingerprint density at radius 2 is 2.15 bits per heavy atom. The first-order chi connectivity index (χ1) is 9.54. The van der Waals surface area contributed by atoms with Crippen LogP contribution in [0.3, 0.4) is 0 Å². The number of nitrogens with two attached hydrogens (primary N) is 1. The fraction of sp³-hybridized carbons (Fsp3) is 0.231. The van der Waals surface area contributed by atoms with E-state index in [0.717, 1.165) is 10.2 Å². The van der Waals surface area contributed by atoms with E-state index in [-0.39, 0.29) is 18.0 Å². The van der Waals surface area contributed by atoms with E-state index >= 15 is 0 Å². The molecule has 5 nitrogen and oxygen atoms in total. The lowest BCUT2D eigenvalue weighted by Gasteiger charge is -2.07. The van der Waals surface area contributed by atoms with Gasteiger partial charge in [-0.2, -0.15) is 0 Å². The molecule has 2 aromatic heterocycles. The van der Waals surface area contributed by atoms with E-state index in [2.05, 4.69) is 21.2 Å². The summed E-state index contributed by atoms with van der Waals surface area (Å²) in [5.41, 5.74) is 5.81. The number of carbonyl (C=O) groups excluding carboxylic acids is 1. The quantitative estimate of drug-likeness (QED) is 0.855. The Labute approximate surface area is 128 Å². The molecule has 0 fully saturated rings. The van der Waals surface area contributed by atoms with Crippen LogP contribution in [0.4, 0.5) is 5.69 Å². The second-order valence-electron chi connectivity index (χ2n) is 4.23. The highest BCUT2D eigenvalue weighted by Gasteiger charge is 2.05. The van der Waals surface area contributed by atoms with E-state index in [4.69, 9.17) is 5.73 Å².